The van der Waals surface area contributed by atoms with Crippen LogP contribution >= 0.6 is 0 Å². The number of imidazole rings is 1. The number of nitrogens with zero attached hydrogens (tertiary/aromatic N) is 6. The second kappa shape index (κ2) is 7.99. The maximum absolute atomic E-state index is 13.7. The van der Waals surface area contributed by atoms with Gasteiger partial charge in [0.2, 0.25) is 5.88 Å². The van der Waals surface area contributed by atoms with E-state index >= 15 is 0 Å². The van der Waals surface area contributed by atoms with Crippen molar-refractivity contribution < 1.29 is 13.5 Å². The fraction of sp³-hybridized carbons (Fsp3) is 0.217. The van der Waals surface area contributed by atoms with Crippen LogP contribution in [0.4, 0.5) is 8.78 Å². The number of hydrogen-bond acceptors (Lipinski definition) is 5. The van der Waals surface area contributed by atoms with Crippen molar-refractivity contribution in [3.8, 4) is 11.6 Å². The van der Waals surface area contributed by atoms with Gasteiger partial charge in [-0.05, 0) is 55.3 Å². The van der Waals surface area contributed by atoms with Crippen molar-refractivity contribution in [3.05, 3.63) is 83.1 Å². The molecule has 1 unspecified atom stereocenters. The Hall–Kier alpha value is -3.88. The molecule has 7 nitrogen and oxygen atoms in total. The summed E-state index contributed by atoms with van der Waals surface area (Å²) < 4.78 is 36.4. The SMILES string of the molecule is COc1nc(/C=C/c2nc3n(n2)CCC3c2cc(F)cc(F)c2)ccc1-n1cnc(C)c1. The lowest BCUT2D eigenvalue weighted by Crippen LogP contribution is -2.00. The highest BCUT2D eigenvalue weighted by molar-refractivity contribution is 5.65. The van der Waals surface area contributed by atoms with Crippen molar-refractivity contribution in [2.24, 2.45) is 0 Å². The number of ether oxygens (including phenoxy) is 1. The van der Waals surface area contributed by atoms with Gasteiger partial charge in [-0.2, -0.15) is 5.10 Å². The number of pyridine rings is 1. The van der Waals surface area contributed by atoms with Gasteiger partial charge in [0, 0.05) is 24.7 Å². The van der Waals surface area contributed by atoms with Gasteiger partial charge in [-0.25, -0.2) is 28.4 Å². The molecule has 0 N–H and O–H groups in total. The standard InChI is InChI=1S/C23H20F2N6O/c1-14-12-30(13-26-14)20-5-3-18(27-23(20)32-2)4-6-21-28-22-19(7-8-31(22)29-21)15-9-16(24)11-17(25)10-15/h3-6,9-13,19H,7-8H2,1-2H3/b6-4+. The van der Waals surface area contributed by atoms with Gasteiger partial charge < -0.3 is 9.30 Å². The van der Waals surface area contributed by atoms with Gasteiger partial charge in [-0.15, -0.1) is 0 Å². The highest BCUT2D eigenvalue weighted by atomic mass is 19.1. The summed E-state index contributed by atoms with van der Waals surface area (Å²) >= 11 is 0. The van der Waals surface area contributed by atoms with E-state index in [0.29, 0.717) is 41.8 Å². The summed E-state index contributed by atoms with van der Waals surface area (Å²) in [7, 11) is 1.57. The first-order valence-corrected chi connectivity index (χ1v) is 10.1. The molecule has 1 aromatic carbocycles. The first-order valence-electron chi connectivity index (χ1n) is 10.1. The van der Waals surface area contributed by atoms with Gasteiger partial charge in [0.05, 0.1) is 24.8 Å². The summed E-state index contributed by atoms with van der Waals surface area (Å²) in [6.07, 6.45) is 7.87. The number of aromatic nitrogens is 6. The second-order valence-electron chi connectivity index (χ2n) is 7.62. The molecule has 0 amide bonds. The molecule has 9 heteroatoms. The molecule has 1 aliphatic heterocycles. The van der Waals surface area contributed by atoms with Crippen LogP contribution in [0.1, 0.15) is 40.9 Å². The van der Waals surface area contributed by atoms with Crippen LogP contribution in [0.3, 0.4) is 0 Å². The Morgan fingerprint density at radius 2 is 1.91 bits per heavy atom. The zero-order valence-electron chi connectivity index (χ0n) is 17.5. The molecule has 0 radical (unpaired) electrons. The molecular formula is C23H20F2N6O. The van der Waals surface area contributed by atoms with E-state index in [1.54, 1.807) is 30.3 Å². The van der Waals surface area contributed by atoms with E-state index in [4.69, 9.17) is 4.74 Å². The minimum absolute atomic E-state index is 0.189. The molecule has 0 fully saturated rings. The summed E-state index contributed by atoms with van der Waals surface area (Å²) in [4.78, 5) is 13.3. The predicted molar refractivity (Wildman–Crippen MR) is 114 cm³/mol. The number of fused-ring (bicyclic) bond motifs is 1. The molecule has 162 valence electrons. The summed E-state index contributed by atoms with van der Waals surface area (Å²) in [6, 6.07) is 7.35. The largest absolute Gasteiger partial charge is 0.479 e. The monoisotopic (exact) mass is 434 g/mol. The Labute approximate surface area is 183 Å². The van der Waals surface area contributed by atoms with Gasteiger partial charge in [0.1, 0.15) is 23.1 Å². The molecule has 0 aliphatic carbocycles. The molecule has 0 bridgehead atoms. The molecule has 5 rings (SSSR count). The minimum atomic E-state index is -0.590. The van der Waals surface area contributed by atoms with E-state index < -0.39 is 11.6 Å². The third-order valence-electron chi connectivity index (χ3n) is 5.39. The van der Waals surface area contributed by atoms with Crippen LogP contribution in [0.2, 0.25) is 0 Å². The highest BCUT2D eigenvalue weighted by Crippen LogP contribution is 2.33. The lowest BCUT2D eigenvalue weighted by Gasteiger charge is -2.08. The van der Waals surface area contributed by atoms with E-state index in [9.17, 15) is 8.78 Å². The van der Waals surface area contributed by atoms with Crippen molar-refractivity contribution in [2.45, 2.75) is 25.8 Å². The molecule has 4 heterocycles. The summed E-state index contributed by atoms with van der Waals surface area (Å²) in [5, 5.41) is 4.50. The molecule has 32 heavy (non-hydrogen) atoms. The van der Waals surface area contributed by atoms with E-state index in [2.05, 4.69) is 20.1 Å². The van der Waals surface area contributed by atoms with Crippen LogP contribution in [0.5, 0.6) is 5.88 Å². The van der Waals surface area contributed by atoms with Crippen LogP contribution in [0.15, 0.2) is 42.9 Å². The van der Waals surface area contributed by atoms with Gasteiger partial charge >= 0.3 is 0 Å². The van der Waals surface area contributed by atoms with Crippen LogP contribution < -0.4 is 4.74 Å². The fourth-order valence-electron chi connectivity index (χ4n) is 3.94. The number of benzene rings is 1. The van der Waals surface area contributed by atoms with Gasteiger partial charge in [-0.3, -0.25) is 0 Å². The Bertz CT molecular complexity index is 1310. The lowest BCUT2D eigenvalue weighted by atomic mass is 9.97. The lowest BCUT2D eigenvalue weighted by molar-refractivity contribution is 0.395. The highest BCUT2D eigenvalue weighted by Gasteiger charge is 2.28. The van der Waals surface area contributed by atoms with Crippen LogP contribution in [0, 0.1) is 18.6 Å². The molecule has 0 saturated carbocycles. The van der Waals surface area contributed by atoms with Crippen molar-refractivity contribution in [1.82, 2.24) is 29.3 Å². The molecule has 3 aromatic heterocycles. The zero-order valence-corrected chi connectivity index (χ0v) is 17.5. The number of rotatable bonds is 5. The normalized spacial score (nSPS) is 15.4. The Morgan fingerprint density at radius 1 is 1.09 bits per heavy atom. The van der Waals surface area contributed by atoms with Crippen LogP contribution in [-0.4, -0.2) is 36.4 Å². The minimum Gasteiger partial charge on any atom is -0.479 e. The third-order valence-corrected chi connectivity index (χ3v) is 5.39. The number of hydrogen-bond donors (Lipinski definition) is 0. The number of halogens is 2. The zero-order chi connectivity index (χ0) is 22.2. The number of aryl methyl sites for hydroxylation is 2. The van der Waals surface area contributed by atoms with Gasteiger partial charge in [0.15, 0.2) is 5.82 Å². The van der Waals surface area contributed by atoms with Crippen molar-refractivity contribution >= 4 is 12.2 Å². The topological polar surface area (TPSA) is 70.7 Å². The van der Waals surface area contributed by atoms with Gasteiger partial charge in [0.25, 0.3) is 0 Å². The molecule has 4 aromatic rings. The van der Waals surface area contributed by atoms with Crippen molar-refractivity contribution in [1.29, 1.82) is 0 Å². The van der Waals surface area contributed by atoms with E-state index in [1.165, 1.54) is 12.1 Å². The van der Waals surface area contributed by atoms with Gasteiger partial charge in [-0.1, -0.05) is 0 Å². The molecular weight excluding hydrogens is 414 g/mol. The molecule has 1 atom stereocenters. The second-order valence-corrected chi connectivity index (χ2v) is 7.62. The molecule has 0 spiro atoms. The van der Waals surface area contributed by atoms with E-state index in [1.807, 2.05) is 29.8 Å². The van der Waals surface area contributed by atoms with Crippen molar-refractivity contribution in [2.75, 3.05) is 7.11 Å². The molecule has 0 saturated heterocycles. The Kier molecular flexibility index (Phi) is 5.01. The summed E-state index contributed by atoms with van der Waals surface area (Å²) in [5.41, 5.74) is 2.94. The van der Waals surface area contributed by atoms with Crippen LogP contribution in [-0.2, 0) is 6.54 Å². The maximum atomic E-state index is 13.7. The molecule has 1 aliphatic rings. The van der Waals surface area contributed by atoms with E-state index in [-0.39, 0.29) is 5.92 Å². The Balaban J connectivity index is 1.39. The summed E-state index contributed by atoms with van der Waals surface area (Å²) in [6.45, 7) is 2.56. The van der Waals surface area contributed by atoms with Crippen molar-refractivity contribution in [3.63, 3.8) is 0 Å². The fourth-order valence-corrected chi connectivity index (χ4v) is 3.94. The van der Waals surface area contributed by atoms with Crippen LogP contribution in [0.25, 0.3) is 17.8 Å². The maximum Gasteiger partial charge on any atom is 0.238 e. The number of methoxy groups -OCH3 is 1. The first kappa shape index (κ1) is 20.0. The quantitative estimate of drug-likeness (QED) is 0.472. The first-order chi connectivity index (χ1) is 15.5. The summed E-state index contributed by atoms with van der Waals surface area (Å²) in [5.74, 6) is 0.312. The van der Waals surface area contributed by atoms with E-state index in [0.717, 1.165) is 17.4 Å². The predicted octanol–water partition coefficient (Wildman–Crippen LogP) is 4.16. The average molecular weight is 434 g/mol. The smallest absolute Gasteiger partial charge is 0.238 e. The third kappa shape index (κ3) is 3.77. The Morgan fingerprint density at radius 3 is 2.62 bits per heavy atom. The average Bonchev–Trinajstić information content (AvgIpc) is 3.47.